The van der Waals surface area contributed by atoms with Gasteiger partial charge < -0.3 is 10.5 Å². The molecule has 0 aliphatic heterocycles. The molecule has 1 aromatic carbocycles. The molecule has 1 heterocycles. The third-order valence-corrected chi connectivity index (χ3v) is 2.97. The molecule has 0 atom stereocenters. The number of nitrogens with zero attached hydrogens (tertiary/aromatic N) is 2. The molecular formula is C13H14ClN3O2. The Morgan fingerprint density at radius 2 is 2.32 bits per heavy atom. The zero-order valence-electron chi connectivity index (χ0n) is 10.5. The van der Waals surface area contributed by atoms with Crippen LogP contribution >= 0.6 is 11.6 Å². The summed E-state index contributed by atoms with van der Waals surface area (Å²) < 4.78 is 6.50. The number of hydrogen-bond donors (Lipinski definition) is 1. The number of aromatic nitrogens is 2. The van der Waals surface area contributed by atoms with Crippen LogP contribution in [-0.2, 0) is 11.3 Å². The molecule has 0 radical (unpaired) electrons. The van der Waals surface area contributed by atoms with Crippen molar-refractivity contribution in [1.82, 2.24) is 9.78 Å². The SMILES string of the molecule is CCOC(=O)c1cnn(Cc2c(N)cccc2Cl)c1. The molecule has 2 N–H and O–H groups in total. The van der Waals surface area contributed by atoms with E-state index in [-0.39, 0.29) is 5.97 Å². The lowest BCUT2D eigenvalue weighted by Gasteiger charge is -2.07. The van der Waals surface area contributed by atoms with Gasteiger partial charge in [-0.1, -0.05) is 17.7 Å². The van der Waals surface area contributed by atoms with E-state index in [1.165, 1.54) is 6.20 Å². The molecule has 5 nitrogen and oxygen atoms in total. The van der Waals surface area contributed by atoms with Gasteiger partial charge in [-0.15, -0.1) is 0 Å². The number of carbonyl (C=O) groups excluding carboxylic acids is 1. The molecule has 0 unspecified atom stereocenters. The topological polar surface area (TPSA) is 70.1 Å². The fourth-order valence-electron chi connectivity index (χ4n) is 1.67. The number of hydrogen-bond acceptors (Lipinski definition) is 4. The Hall–Kier alpha value is -2.01. The summed E-state index contributed by atoms with van der Waals surface area (Å²) in [6.45, 7) is 2.50. The van der Waals surface area contributed by atoms with Gasteiger partial charge >= 0.3 is 5.97 Å². The van der Waals surface area contributed by atoms with E-state index in [2.05, 4.69) is 5.10 Å². The summed E-state index contributed by atoms with van der Waals surface area (Å²) in [5.41, 5.74) is 7.65. The van der Waals surface area contributed by atoms with E-state index in [4.69, 9.17) is 22.1 Å². The predicted molar refractivity (Wildman–Crippen MR) is 73.1 cm³/mol. The van der Waals surface area contributed by atoms with E-state index < -0.39 is 0 Å². The molecule has 0 saturated heterocycles. The maximum Gasteiger partial charge on any atom is 0.341 e. The van der Waals surface area contributed by atoms with E-state index in [0.29, 0.717) is 29.4 Å². The van der Waals surface area contributed by atoms with Crippen LogP contribution in [0.2, 0.25) is 5.02 Å². The maximum atomic E-state index is 11.5. The van der Waals surface area contributed by atoms with E-state index in [1.54, 1.807) is 36.0 Å². The highest BCUT2D eigenvalue weighted by molar-refractivity contribution is 6.31. The summed E-state index contributed by atoms with van der Waals surface area (Å²) in [4.78, 5) is 11.5. The first-order valence-corrected chi connectivity index (χ1v) is 6.22. The van der Waals surface area contributed by atoms with E-state index in [1.807, 2.05) is 0 Å². The minimum absolute atomic E-state index is 0.335. The Kier molecular flexibility index (Phi) is 4.06. The van der Waals surface area contributed by atoms with Crippen LogP contribution in [0.4, 0.5) is 5.69 Å². The van der Waals surface area contributed by atoms with Crippen molar-refractivity contribution in [2.45, 2.75) is 13.5 Å². The van der Waals surface area contributed by atoms with Gasteiger partial charge in [0.05, 0.1) is 24.9 Å². The van der Waals surface area contributed by atoms with E-state index in [9.17, 15) is 4.79 Å². The number of halogens is 1. The van der Waals surface area contributed by atoms with Gasteiger partial charge in [-0.2, -0.15) is 5.10 Å². The van der Waals surface area contributed by atoms with Gasteiger partial charge in [-0.25, -0.2) is 4.79 Å². The fourth-order valence-corrected chi connectivity index (χ4v) is 1.92. The van der Waals surface area contributed by atoms with Gasteiger partial charge in [0.15, 0.2) is 0 Å². The van der Waals surface area contributed by atoms with Crippen LogP contribution in [0.25, 0.3) is 0 Å². The standard InChI is InChI=1S/C13H14ClN3O2/c1-2-19-13(18)9-6-16-17(7-9)8-10-11(14)4-3-5-12(10)15/h3-7H,2,8,15H2,1H3. The van der Waals surface area contributed by atoms with Gasteiger partial charge in [0.1, 0.15) is 0 Å². The van der Waals surface area contributed by atoms with Crippen LogP contribution in [0.3, 0.4) is 0 Å². The van der Waals surface area contributed by atoms with Gasteiger partial charge in [-0.3, -0.25) is 4.68 Å². The third-order valence-electron chi connectivity index (χ3n) is 2.62. The fraction of sp³-hybridized carbons (Fsp3) is 0.231. The second kappa shape index (κ2) is 5.75. The summed E-state index contributed by atoms with van der Waals surface area (Å²) in [5.74, 6) is -0.388. The lowest BCUT2D eigenvalue weighted by atomic mass is 10.2. The first kappa shape index (κ1) is 13.4. The Bertz CT molecular complexity index is 575. The molecule has 1 aromatic heterocycles. The number of ether oxygens (including phenoxy) is 1. The normalized spacial score (nSPS) is 10.4. The van der Waals surface area contributed by atoms with Crippen molar-refractivity contribution < 1.29 is 9.53 Å². The number of rotatable bonds is 4. The van der Waals surface area contributed by atoms with Crippen molar-refractivity contribution in [2.75, 3.05) is 12.3 Å². The highest BCUT2D eigenvalue weighted by atomic mass is 35.5. The van der Waals surface area contributed by atoms with Crippen molar-refractivity contribution in [1.29, 1.82) is 0 Å². The van der Waals surface area contributed by atoms with Crippen molar-refractivity contribution in [3.63, 3.8) is 0 Å². The lowest BCUT2D eigenvalue weighted by Crippen LogP contribution is -2.05. The lowest BCUT2D eigenvalue weighted by molar-refractivity contribution is 0.0526. The van der Waals surface area contributed by atoms with Crippen LogP contribution in [0, 0.1) is 0 Å². The molecular weight excluding hydrogens is 266 g/mol. The number of benzene rings is 1. The summed E-state index contributed by atoms with van der Waals surface area (Å²) >= 11 is 6.09. The molecule has 0 fully saturated rings. The Morgan fingerprint density at radius 3 is 3.00 bits per heavy atom. The van der Waals surface area contributed by atoms with Crippen LogP contribution in [0.5, 0.6) is 0 Å². The van der Waals surface area contributed by atoms with Gasteiger partial charge in [0.2, 0.25) is 0 Å². The van der Waals surface area contributed by atoms with Crippen molar-refractivity contribution in [3.05, 3.63) is 46.7 Å². The van der Waals surface area contributed by atoms with Crippen LogP contribution in [0.15, 0.2) is 30.6 Å². The molecule has 0 amide bonds. The van der Waals surface area contributed by atoms with Crippen molar-refractivity contribution in [2.24, 2.45) is 0 Å². The highest BCUT2D eigenvalue weighted by Crippen LogP contribution is 2.22. The van der Waals surface area contributed by atoms with Gasteiger partial charge in [0.25, 0.3) is 0 Å². The minimum Gasteiger partial charge on any atom is -0.462 e. The molecule has 19 heavy (non-hydrogen) atoms. The smallest absolute Gasteiger partial charge is 0.341 e. The largest absolute Gasteiger partial charge is 0.462 e. The molecule has 0 saturated carbocycles. The molecule has 2 aromatic rings. The molecule has 0 bridgehead atoms. The highest BCUT2D eigenvalue weighted by Gasteiger charge is 2.11. The zero-order valence-corrected chi connectivity index (χ0v) is 11.2. The second-order valence-electron chi connectivity index (χ2n) is 3.95. The number of nitrogen functional groups attached to an aromatic ring is 1. The quantitative estimate of drug-likeness (QED) is 0.689. The number of esters is 1. The number of anilines is 1. The molecule has 0 aliphatic carbocycles. The Labute approximate surface area is 115 Å². The summed E-state index contributed by atoms with van der Waals surface area (Å²) in [7, 11) is 0. The Morgan fingerprint density at radius 1 is 1.53 bits per heavy atom. The minimum atomic E-state index is -0.388. The second-order valence-corrected chi connectivity index (χ2v) is 4.36. The number of carbonyl (C=O) groups is 1. The van der Waals surface area contributed by atoms with Crippen molar-refractivity contribution in [3.8, 4) is 0 Å². The summed E-state index contributed by atoms with van der Waals surface area (Å²) in [5, 5.41) is 4.68. The van der Waals surface area contributed by atoms with Crippen LogP contribution in [-0.4, -0.2) is 22.4 Å². The van der Waals surface area contributed by atoms with Crippen LogP contribution in [0.1, 0.15) is 22.8 Å². The maximum absolute atomic E-state index is 11.5. The first-order valence-electron chi connectivity index (χ1n) is 5.84. The van der Waals surface area contributed by atoms with E-state index in [0.717, 1.165) is 5.56 Å². The predicted octanol–water partition coefficient (Wildman–Crippen LogP) is 2.34. The van der Waals surface area contributed by atoms with Crippen LogP contribution < -0.4 is 5.73 Å². The summed E-state index contributed by atoms with van der Waals surface area (Å²) in [6, 6.07) is 5.33. The molecule has 0 aliphatic rings. The third kappa shape index (κ3) is 3.06. The molecule has 0 spiro atoms. The van der Waals surface area contributed by atoms with Gasteiger partial charge in [0, 0.05) is 22.5 Å². The molecule has 6 heteroatoms. The molecule has 100 valence electrons. The Balaban J connectivity index is 2.18. The monoisotopic (exact) mass is 279 g/mol. The van der Waals surface area contributed by atoms with E-state index >= 15 is 0 Å². The van der Waals surface area contributed by atoms with Gasteiger partial charge in [-0.05, 0) is 19.1 Å². The first-order chi connectivity index (χ1) is 9.11. The average Bonchev–Trinajstić information content (AvgIpc) is 2.83. The number of nitrogens with two attached hydrogens (primary N) is 1. The average molecular weight is 280 g/mol. The summed E-state index contributed by atoms with van der Waals surface area (Å²) in [6.07, 6.45) is 3.08. The molecule has 2 rings (SSSR count). The zero-order chi connectivity index (χ0) is 13.8. The van der Waals surface area contributed by atoms with Crippen molar-refractivity contribution >= 4 is 23.3 Å².